The number of ether oxygens (including phenoxy) is 1. The molecule has 1 heterocycles. The Hall–Kier alpha value is -1.57. The predicted molar refractivity (Wildman–Crippen MR) is 74.9 cm³/mol. The molecule has 1 aliphatic heterocycles. The van der Waals surface area contributed by atoms with Gasteiger partial charge in [0.2, 0.25) is 6.04 Å². The zero-order valence-corrected chi connectivity index (χ0v) is 10.6. The van der Waals surface area contributed by atoms with Crippen molar-refractivity contribution >= 4 is 47.5 Å². The number of hydrogen-bond acceptors (Lipinski definition) is 4. The summed E-state index contributed by atoms with van der Waals surface area (Å²) in [6.07, 6.45) is -0.809. The summed E-state index contributed by atoms with van der Waals surface area (Å²) in [5.74, 6) is -2.08. The van der Waals surface area contributed by atoms with Crippen molar-refractivity contribution in [3.8, 4) is 0 Å². The SMILES string of the molecule is O=C(O)C1C(=O)NCCN1C(=O)OCc1ccccc1.[NaH]. The number of aliphatic carboxylic acids is 1. The first-order valence-corrected chi connectivity index (χ1v) is 6.07. The summed E-state index contributed by atoms with van der Waals surface area (Å²) in [6, 6.07) is 7.47. The zero-order chi connectivity index (χ0) is 14.5. The summed E-state index contributed by atoms with van der Waals surface area (Å²) in [5.41, 5.74) is 0.786. The van der Waals surface area contributed by atoms with Crippen LogP contribution >= 0.6 is 0 Å². The maximum absolute atomic E-state index is 11.9. The second-order valence-corrected chi connectivity index (χ2v) is 4.27. The van der Waals surface area contributed by atoms with E-state index in [2.05, 4.69) is 5.32 Å². The first kappa shape index (κ1) is 17.5. The normalized spacial score (nSPS) is 17.4. The summed E-state index contributed by atoms with van der Waals surface area (Å²) in [5, 5.41) is 11.4. The van der Waals surface area contributed by atoms with Crippen LogP contribution in [-0.4, -0.2) is 76.7 Å². The van der Waals surface area contributed by atoms with Gasteiger partial charge in [-0.2, -0.15) is 0 Å². The van der Waals surface area contributed by atoms with Gasteiger partial charge >= 0.3 is 41.6 Å². The molecule has 1 aromatic rings. The molecule has 1 saturated heterocycles. The van der Waals surface area contributed by atoms with E-state index in [1.54, 1.807) is 24.3 Å². The molecule has 1 aromatic carbocycles. The second-order valence-electron chi connectivity index (χ2n) is 4.27. The van der Waals surface area contributed by atoms with Gasteiger partial charge in [-0.3, -0.25) is 9.69 Å². The Labute approximate surface area is 143 Å². The van der Waals surface area contributed by atoms with Crippen molar-refractivity contribution in [2.75, 3.05) is 13.1 Å². The summed E-state index contributed by atoms with van der Waals surface area (Å²) >= 11 is 0. The number of nitrogens with one attached hydrogen (secondary N) is 1. The fourth-order valence-corrected chi connectivity index (χ4v) is 1.91. The number of amides is 2. The topological polar surface area (TPSA) is 95.9 Å². The van der Waals surface area contributed by atoms with Crippen LogP contribution < -0.4 is 5.32 Å². The van der Waals surface area contributed by atoms with Crippen LogP contribution in [0.25, 0.3) is 0 Å². The average Bonchev–Trinajstić information content (AvgIpc) is 2.45. The van der Waals surface area contributed by atoms with Crippen molar-refractivity contribution in [3.05, 3.63) is 35.9 Å². The van der Waals surface area contributed by atoms with E-state index < -0.39 is 24.0 Å². The monoisotopic (exact) mass is 302 g/mol. The molecule has 1 fully saturated rings. The van der Waals surface area contributed by atoms with Gasteiger partial charge in [0, 0.05) is 13.1 Å². The number of hydrogen-bond donors (Lipinski definition) is 2. The number of benzene rings is 1. The van der Waals surface area contributed by atoms with Crippen molar-refractivity contribution in [1.82, 2.24) is 10.2 Å². The van der Waals surface area contributed by atoms with Crippen LogP contribution in [-0.2, 0) is 20.9 Å². The summed E-state index contributed by atoms with van der Waals surface area (Å²) < 4.78 is 5.04. The first-order valence-electron chi connectivity index (χ1n) is 6.07. The van der Waals surface area contributed by atoms with Crippen LogP contribution in [0.4, 0.5) is 4.79 Å². The Balaban J connectivity index is 0.00000220. The minimum absolute atomic E-state index is 0. The first-order chi connectivity index (χ1) is 9.59. The fourth-order valence-electron chi connectivity index (χ4n) is 1.91. The number of carbonyl (C=O) groups is 3. The summed E-state index contributed by atoms with van der Waals surface area (Å²) in [4.78, 5) is 35.3. The average molecular weight is 302 g/mol. The van der Waals surface area contributed by atoms with E-state index in [1.807, 2.05) is 6.07 Å². The van der Waals surface area contributed by atoms with Crippen LogP contribution in [0.2, 0.25) is 0 Å². The Kier molecular flexibility index (Phi) is 6.67. The molecule has 0 radical (unpaired) electrons. The van der Waals surface area contributed by atoms with E-state index in [1.165, 1.54) is 0 Å². The fraction of sp³-hybridized carbons (Fsp3) is 0.308. The Morgan fingerprint density at radius 2 is 2.00 bits per heavy atom. The van der Waals surface area contributed by atoms with Gasteiger partial charge in [0.15, 0.2) is 0 Å². The van der Waals surface area contributed by atoms with Gasteiger partial charge in [0.05, 0.1) is 0 Å². The van der Waals surface area contributed by atoms with Crippen LogP contribution in [0, 0.1) is 0 Å². The molecule has 1 aliphatic rings. The molecule has 2 amide bonds. The van der Waals surface area contributed by atoms with Crippen molar-refractivity contribution in [3.63, 3.8) is 0 Å². The molecule has 0 aliphatic carbocycles. The van der Waals surface area contributed by atoms with E-state index in [0.717, 1.165) is 10.5 Å². The third-order valence-corrected chi connectivity index (χ3v) is 2.89. The summed E-state index contributed by atoms with van der Waals surface area (Å²) in [7, 11) is 0. The van der Waals surface area contributed by atoms with Gasteiger partial charge in [-0.25, -0.2) is 9.59 Å². The van der Waals surface area contributed by atoms with Gasteiger partial charge in [0.1, 0.15) is 6.61 Å². The molecule has 0 spiro atoms. The molecule has 21 heavy (non-hydrogen) atoms. The number of piperazine rings is 1. The van der Waals surface area contributed by atoms with Crippen molar-refractivity contribution in [2.45, 2.75) is 12.6 Å². The number of carboxylic acid groups (broad SMARTS) is 1. The van der Waals surface area contributed by atoms with Gasteiger partial charge in [-0.1, -0.05) is 30.3 Å². The van der Waals surface area contributed by atoms with E-state index >= 15 is 0 Å². The van der Waals surface area contributed by atoms with Gasteiger partial charge in [0.25, 0.3) is 5.91 Å². The predicted octanol–water partition coefficient (Wildman–Crippen LogP) is -0.440. The van der Waals surface area contributed by atoms with E-state index in [-0.39, 0.29) is 49.3 Å². The van der Waals surface area contributed by atoms with E-state index in [4.69, 9.17) is 9.84 Å². The zero-order valence-electron chi connectivity index (χ0n) is 10.6. The van der Waals surface area contributed by atoms with Crippen LogP contribution in [0.3, 0.4) is 0 Å². The van der Waals surface area contributed by atoms with Crippen molar-refractivity contribution in [1.29, 1.82) is 0 Å². The Morgan fingerprint density at radius 3 is 2.62 bits per heavy atom. The van der Waals surface area contributed by atoms with Crippen LogP contribution in [0.15, 0.2) is 30.3 Å². The maximum atomic E-state index is 11.9. The summed E-state index contributed by atoms with van der Waals surface area (Å²) in [6.45, 7) is 0.351. The molecule has 108 valence electrons. The van der Waals surface area contributed by atoms with Crippen molar-refractivity contribution < 1.29 is 24.2 Å². The molecule has 8 heteroatoms. The quantitative estimate of drug-likeness (QED) is 0.583. The standard InChI is InChI=1S/C13H14N2O5.Na.H/c16-11-10(12(17)18)15(7-6-14-11)13(19)20-8-9-4-2-1-3-5-9;;/h1-5,10H,6-8H2,(H,14,16)(H,17,18);;. The number of carbonyl (C=O) groups excluding carboxylic acids is 2. The molecule has 7 nitrogen and oxygen atoms in total. The van der Waals surface area contributed by atoms with Crippen molar-refractivity contribution in [2.24, 2.45) is 0 Å². The number of carboxylic acids is 1. The van der Waals surface area contributed by atoms with Gasteiger partial charge in [-0.15, -0.1) is 0 Å². The molecule has 0 aromatic heterocycles. The second kappa shape index (κ2) is 8.02. The molecule has 2 N–H and O–H groups in total. The molecule has 1 unspecified atom stereocenters. The third-order valence-electron chi connectivity index (χ3n) is 2.89. The molecule has 2 rings (SSSR count). The molecule has 1 atom stereocenters. The molecular formula is C13H15N2NaO5. The Morgan fingerprint density at radius 1 is 1.33 bits per heavy atom. The molecule has 0 saturated carbocycles. The van der Waals surface area contributed by atoms with E-state index in [0.29, 0.717) is 0 Å². The van der Waals surface area contributed by atoms with Crippen LogP contribution in [0.5, 0.6) is 0 Å². The molecular weight excluding hydrogens is 287 g/mol. The van der Waals surface area contributed by atoms with Gasteiger partial charge in [-0.05, 0) is 5.56 Å². The number of nitrogens with zero attached hydrogens (tertiary/aromatic N) is 1. The van der Waals surface area contributed by atoms with Crippen LogP contribution in [0.1, 0.15) is 5.56 Å². The number of rotatable bonds is 3. The third kappa shape index (κ3) is 4.45. The van der Waals surface area contributed by atoms with E-state index in [9.17, 15) is 14.4 Å². The Bertz CT molecular complexity index is 523. The van der Waals surface area contributed by atoms with Gasteiger partial charge < -0.3 is 15.2 Å². The minimum atomic E-state index is -1.54. The molecule has 0 bridgehead atoms.